The van der Waals surface area contributed by atoms with Crippen molar-refractivity contribution in [2.45, 2.75) is 26.3 Å². The zero-order valence-corrected chi connectivity index (χ0v) is 8.53. The first-order valence-corrected chi connectivity index (χ1v) is 4.53. The Morgan fingerprint density at radius 3 is 2.86 bits per heavy atom. The van der Waals surface area contributed by atoms with Gasteiger partial charge in [-0.2, -0.15) is 5.10 Å². The number of nitrogens with zero attached hydrogens (tertiary/aromatic N) is 1. The van der Waals surface area contributed by atoms with Crippen LogP contribution in [-0.2, 0) is 14.3 Å². The molecule has 0 radical (unpaired) electrons. The summed E-state index contributed by atoms with van der Waals surface area (Å²) in [6, 6.07) is 0. The highest BCUT2D eigenvalue weighted by Crippen LogP contribution is 2.22. The fraction of sp³-hybridized carbons (Fsp3) is 0.667. The third-order valence-corrected chi connectivity index (χ3v) is 2.46. The number of rotatable bonds is 3. The van der Waals surface area contributed by atoms with Crippen LogP contribution in [0.3, 0.4) is 0 Å². The number of hydrogen-bond acceptors (Lipinski definition) is 5. The minimum absolute atomic E-state index is 0.265. The van der Waals surface area contributed by atoms with Crippen LogP contribution in [0.4, 0.5) is 0 Å². The molecular weight excluding hydrogens is 184 g/mol. The van der Waals surface area contributed by atoms with Gasteiger partial charge in [-0.15, -0.1) is 0 Å². The molecule has 0 saturated carbocycles. The quantitative estimate of drug-likeness (QED) is 0.516. The van der Waals surface area contributed by atoms with Crippen molar-refractivity contribution in [3.05, 3.63) is 0 Å². The van der Waals surface area contributed by atoms with Gasteiger partial charge in [0.05, 0.1) is 6.61 Å². The average molecular weight is 198 g/mol. The molecule has 14 heavy (non-hydrogen) atoms. The van der Waals surface area contributed by atoms with Crippen LogP contribution in [0.2, 0.25) is 0 Å². The van der Waals surface area contributed by atoms with Crippen molar-refractivity contribution < 1.29 is 14.3 Å². The predicted molar refractivity (Wildman–Crippen MR) is 50.8 cm³/mol. The molecule has 78 valence electrons. The molecular formula is C9H14N2O3. The molecule has 0 saturated heterocycles. The van der Waals surface area contributed by atoms with Crippen molar-refractivity contribution in [1.82, 2.24) is 5.43 Å². The summed E-state index contributed by atoms with van der Waals surface area (Å²) in [6.45, 7) is 5.50. The van der Waals surface area contributed by atoms with Crippen molar-refractivity contribution in [3.8, 4) is 0 Å². The Morgan fingerprint density at radius 2 is 2.43 bits per heavy atom. The van der Waals surface area contributed by atoms with E-state index >= 15 is 0 Å². The summed E-state index contributed by atoms with van der Waals surface area (Å²) in [5.41, 5.74) is 2.13. The number of esters is 1. The second-order valence-electron chi connectivity index (χ2n) is 3.45. The maximum Gasteiger partial charge on any atom is 0.354 e. The van der Waals surface area contributed by atoms with E-state index in [0.717, 1.165) is 6.29 Å². The van der Waals surface area contributed by atoms with Crippen LogP contribution in [0.15, 0.2) is 5.10 Å². The molecule has 0 aromatic carbocycles. The molecule has 0 aromatic heterocycles. The highest BCUT2D eigenvalue weighted by Gasteiger charge is 2.42. The summed E-state index contributed by atoms with van der Waals surface area (Å²) in [5, 5.41) is 3.82. The van der Waals surface area contributed by atoms with Crippen molar-refractivity contribution >= 4 is 18.0 Å². The topological polar surface area (TPSA) is 67.8 Å². The molecule has 0 spiro atoms. The number of nitrogens with one attached hydrogen (secondary N) is 1. The number of ether oxygens (including phenoxy) is 1. The van der Waals surface area contributed by atoms with Gasteiger partial charge in [-0.25, -0.2) is 4.79 Å². The van der Waals surface area contributed by atoms with E-state index in [-0.39, 0.29) is 11.6 Å². The van der Waals surface area contributed by atoms with Crippen molar-refractivity contribution in [2.75, 3.05) is 6.61 Å². The molecule has 1 rings (SSSR count). The Balaban J connectivity index is 2.76. The summed E-state index contributed by atoms with van der Waals surface area (Å²) in [7, 11) is 0. The van der Waals surface area contributed by atoms with Gasteiger partial charge in [-0.1, -0.05) is 6.92 Å². The normalized spacial score (nSPS) is 30.5. The molecule has 1 aliphatic heterocycles. The number of carbonyl (C=O) groups is 2. The molecule has 1 N–H and O–H groups in total. The average Bonchev–Trinajstić information content (AvgIpc) is 2.45. The lowest BCUT2D eigenvalue weighted by Gasteiger charge is -2.21. The van der Waals surface area contributed by atoms with Crippen molar-refractivity contribution in [1.29, 1.82) is 0 Å². The highest BCUT2D eigenvalue weighted by molar-refractivity contribution is 6.38. The Labute approximate surface area is 82.5 Å². The molecule has 0 bridgehead atoms. The van der Waals surface area contributed by atoms with E-state index in [2.05, 4.69) is 10.5 Å². The molecule has 0 fully saturated rings. The van der Waals surface area contributed by atoms with Gasteiger partial charge in [0.15, 0.2) is 5.71 Å². The largest absolute Gasteiger partial charge is 0.461 e. The number of aldehydes is 1. The van der Waals surface area contributed by atoms with Gasteiger partial charge in [-0.05, 0) is 13.8 Å². The molecule has 0 unspecified atom stereocenters. The van der Waals surface area contributed by atoms with E-state index in [1.807, 2.05) is 0 Å². The van der Waals surface area contributed by atoms with E-state index in [1.165, 1.54) is 0 Å². The Morgan fingerprint density at radius 1 is 1.79 bits per heavy atom. The van der Waals surface area contributed by atoms with Crippen LogP contribution in [-0.4, -0.2) is 30.1 Å². The highest BCUT2D eigenvalue weighted by atomic mass is 16.5. The lowest BCUT2D eigenvalue weighted by Crippen LogP contribution is -2.44. The van der Waals surface area contributed by atoms with Crippen LogP contribution in [0.25, 0.3) is 0 Å². The lowest BCUT2D eigenvalue weighted by atomic mass is 9.87. The maximum absolute atomic E-state index is 11.4. The number of carbonyl (C=O) groups excluding carboxylic acids is 2. The number of hydrazone groups is 1. The summed E-state index contributed by atoms with van der Waals surface area (Å²) in [5.74, 6) is -0.725. The number of hydrogen-bond donors (Lipinski definition) is 1. The van der Waals surface area contributed by atoms with E-state index in [0.29, 0.717) is 6.61 Å². The minimum Gasteiger partial charge on any atom is -0.461 e. The molecule has 5 heteroatoms. The zero-order chi connectivity index (χ0) is 10.8. The molecule has 0 aliphatic carbocycles. The predicted octanol–water partition coefficient (Wildman–Crippen LogP) is 0.102. The van der Waals surface area contributed by atoms with Crippen molar-refractivity contribution in [3.63, 3.8) is 0 Å². The summed E-state index contributed by atoms with van der Waals surface area (Å²) >= 11 is 0. The first-order valence-electron chi connectivity index (χ1n) is 4.53. The fourth-order valence-electron chi connectivity index (χ4n) is 1.21. The second-order valence-corrected chi connectivity index (χ2v) is 3.45. The van der Waals surface area contributed by atoms with Gasteiger partial charge in [-0.3, -0.25) is 5.43 Å². The van der Waals surface area contributed by atoms with Crippen LogP contribution in [0, 0.1) is 5.92 Å². The first kappa shape index (κ1) is 10.7. The van der Waals surface area contributed by atoms with E-state index < -0.39 is 11.5 Å². The molecule has 0 aromatic rings. The van der Waals surface area contributed by atoms with Crippen molar-refractivity contribution in [2.24, 2.45) is 11.0 Å². The van der Waals surface area contributed by atoms with Gasteiger partial charge in [0.25, 0.3) is 0 Å². The van der Waals surface area contributed by atoms with Gasteiger partial charge in [0.2, 0.25) is 0 Å². The third kappa shape index (κ3) is 1.62. The maximum atomic E-state index is 11.4. The molecule has 0 amide bonds. The Bertz CT molecular complexity index is 288. The summed E-state index contributed by atoms with van der Waals surface area (Å²) < 4.78 is 4.81. The standard InChI is InChI=1S/C9H14N2O3/c1-4-14-8(13)7-6(2)9(3,5-12)11-10-7/h5-6,11H,4H2,1-3H3/t6-,9+/m1/s1. The Hall–Kier alpha value is -1.39. The van der Waals surface area contributed by atoms with Crippen LogP contribution in [0.5, 0.6) is 0 Å². The van der Waals surface area contributed by atoms with Gasteiger partial charge in [0.1, 0.15) is 11.8 Å². The Kier molecular flexibility index (Phi) is 2.88. The van der Waals surface area contributed by atoms with Crippen LogP contribution < -0.4 is 5.43 Å². The van der Waals surface area contributed by atoms with E-state index in [9.17, 15) is 9.59 Å². The van der Waals surface area contributed by atoms with E-state index in [1.54, 1.807) is 20.8 Å². The zero-order valence-electron chi connectivity index (χ0n) is 8.53. The molecule has 1 heterocycles. The molecule has 2 atom stereocenters. The van der Waals surface area contributed by atoms with Gasteiger partial charge >= 0.3 is 5.97 Å². The lowest BCUT2D eigenvalue weighted by molar-refractivity contribution is -0.135. The van der Waals surface area contributed by atoms with Gasteiger partial charge in [0, 0.05) is 5.92 Å². The van der Waals surface area contributed by atoms with E-state index in [4.69, 9.17) is 4.74 Å². The van der Waals surface area contributed by atoms with Gasteiger partial charge < -0.3 is 9.53 Å². The summed E-state index contributed by atoms with van der Waals surface area (Å²) in [4.78, 5) is 22.1. The van der Waals surface area contributed by atoms with Crippen LogP contribution in [0.1, 0.15) is 20.8 Å². The third-order valence-electron chi connectivity index (χ3n) is 2.46. The SMILES string of the molecule is CCOC(=O)C1=NN[C@@](C)(C=O)[C@@H]1C. The molecule has 1 aliphatic rings. The minimum atomic E-state index is -0.790. The second kappa shape index (κ2) is 3.77. The fourth-order valence-corrected chi connectivity index (χ4v) is 1.21. The smallest absolute Gasteiger partial charge is 0.354 e. The monoisotopic (exact) mass is 198 g/mol. The summed E-state index contributed by atoms with van der Waals surface area (Å²) in [6.07, 6.45) is 0.757. The molecule has 5 nitrogen and oxygen atoms in total. The van der Waals surface area contributed by atoms with Crippen LogP contribution >= 0.6 is 0 Å². The first-order chi connectivity index (χ1) is 6.55.